The van der Waals surface area contributed by atoms with Gasteiger partial charge < -0.3 is 24.8 Å². The highest BCUT2D eigenvalue weighted by Crippen LogP contribution is 2.34. The maximum atomic E-state index is 12.3. The van der Waals surface area contributed by atoms with Crippen LogP contribution in [0, 0.1) is 0 Å². The molecule has 0 aromatic heterocycles. The highest BCUT2D eigenvalue weighted by Gasteiger charge is 2.32. The molecule has 2 aromatic rings. The Hall–Kier alpha value is -3.48. The number of allylic oxidation sites excluding steroid dienone is 1. The van der Waals surface area contributed by atoms with Gasteiger partial charge in [-0.3, -0.25) is 0 Å². The highest BCUT2D eigenvalue weighted by atomic mass is 16.5. The fraction of sp³-hybridized carbons (Fsp3) is 0.304. The van der Waals surface area contributed by atoms with Gasteiger partial charge in [-0.2, -0.15) is 0 Å². The monoisotopic (exact) mass is 410 g/mol. The number of urea groups is 1. The molecule has 0 radical (unpaired) electrons. The second-order valence-corrected chi connectivity index (χ2v) is 6.78. The third-order valence-corrected chi connectivity index (χ3v) is 4.77. The third kappa shape index (κ3) is 4.92. The van der Waals surface area contributed by atoms with Crippen LogP contribution < -0.4 is 20.1 Å². The summed E-state index contributed by atoms with van der Waals surface area (Å²) in [5, 5.41) is 5.39. The fourth-order valence-electron chi connectivity index (χ4n) is 3.34. The molecule has 2 aromatic carbocycles. The van der Waals surface area contributed by atoms with Crippen molar-refractivity contribution in [3.8, 4) is 11.5 Å². The van der Waals surface area contributed by atoms with Crippen molar-refractivity contribution in [3.63, 3.8) is 0 Å². The lowest BCUT2D eigenvalue weighted by Crippen LogP contribution is -2.45. The zero-order valence-electron chi connectivity index (χ0n) is 17.4. The zero-order valence-corrected chi connectivity index (χ0v) is 17.4. The predicted octanol–water partition coefficient (Wildman–Crippen LogP) is 3.51. The largest absolute Gasteiger partial charge is 0.490 e. The smallest absolute Gasteiger partial charge is 0.337 e. The number of methoxy groups -OCH3 is 1. The molecule has 1 atom stereocenters. The van der Waals surface area contributed by atoms with Crippen LogP contribution in [0.4, 0.5) is 4.79 Å². The van der Waals surface area contributed by atoms with Crippen LogP contribution in [0.3, 0.4) is 0 Å². The fourth-order valence-corrected chi connectivity index (χ4v) is 3.34. The van der Waals surface area contributed by atoms with Crippen LogP contribution in [0.2, 0.25) is 0 Å². The number of hydrogen-bond acceptors (Lipinski definition) is 5. The molecule has 0 saturated heterocycles. The molecule has 1 aliphatic rings. The first-order valence-electron chi connectivity index (χ1n) is 9.83. The van der Waals surface area contributed by atoms with Gasteiger partial charge in [0.2, 0.25) is 0 Å². The first-order chi connectivity index (χ1) is 14.5. The summed E-state index contributed by atoms with van der Waals surface area (Å²) in [5.41, 5.74) is 2.69. The second kappa shape index (κ2) is 9.82. The Labute approximate surface area is 176 Å². The van der Waals surface area contributed by atoms with Crippen molar-refractivity contribution in [1.82, 2.24) is 10.6 Å². The van der Waals surface area contributed by atoms with Crippen molar-refractivity contribution in [3.05, 3.63) is 70.9 Å². The normalized spacial score (nSPS) is 15.8. The van der Waals surface area contributed by atoms with Crippen molar-refractivity contribution in [2.75, 3.05) is 20.3 Å². The van der Waals surface area contributed by atoms with E-state index in [1.807, 2.05) is 31.2 Å². The Morgan fingerprint density at radius 3 is 2.53 bits per heavy atom. The van der Waals surface area contributed by atoms with Gasteiger partial charge in [0.05, 0.1) is 31.9 Å². The first kappa shape index (κ1) is 21.2. The molecule has 1 unspecified atom stereocenters. The number of amides is 2. The number of benzene rings is 2. The molecule has 2 amide bonds. The maximum Gasteiger partial charge on any atom is 0.337 e. The van der Waals surface area contributed by atoms with E-state index in [9.17, 15) is 9.59 Å². The lowest BCUT2D eigenvalue weighted by molar-refractivity contribution is -0.136. The van der Waals surface area contributed by atoms with Gasteiger partial charge in [0, 0.05) is 12.1 Å². The molecular weight excluding hydrogens is 384 g/mol. The van der Waals surface area contributed by atoms with E-state index >= 15 is 0 Å². The molecular formula is C23H26N2O5. The minimum atomic E-state index is -0.649. The summed E-state index contributed by atoms with van der Waals surface area (Å²) in [6.07, 6.45) is 0.771. The Morgan fingerprint density at radius 1 is 1.07 bits per heavy atom. The molecule has 7 nitrogen and oxygen atoms in total. The van der Waals surface area contributed by atoms with Crippen molar-refractivity contribution in [2.24, 2.45) is 0 Å². The van der Waals surface area contributed by atoms with E-state index < -0.39 is 12.0 Å². The molecule has 1 aliphatic heterocycles. The molecule has 0 aliphatic carbocycles. The number of carbonyl (C=O) groups excluding carboxylic acids is 2. The zero-order chi connectivity index (χ0) is 21.5. The SMILES string of the molecule is CCOc1cc(C2NC(=O)NC(C)=C2C(=O)OC)ccc1OCCc1ccccc1. The van der Waals surface area contributed by atoms with Gasteiger partial charge in [0.25, 0.3) is 0 Å². The van der Waals surface area contributed by atoms with Gasteiger partial charge in [0.1, 0.15) is 0 Å². The summed E-state index contributed by atoms with van der Waals surface area (Å²) in [6, 6.07) is 14.4. The third-order valence-electron chi connectivity index (χ3n) is 4.77. The average molecular weight is 410 g/mol. The molecule has 0 fully saturated rings. The minimum absolute atomic E-state index is 0.345. The van der Waals surface area contributed by atoms with E-state index in [-0.39, 0.29) is 6.03 Å². The molecule has 0 bridgehead atoms. The minimum Gasteiger partial charge on any atom is -0.490 e. The number of nitrogens with one attached hydrogen (secondary N) is 2. The number of rotatable bonds is 8. The van der Waals surface area contributed by atoms with Gasteiger partial charge in [-0.25, -0.2) is 9.59 Å². The molecule has 0 saturated carbocycles. The molecule has 3 rings (SSSR count). The summed E-state index contributed by atoms with van der Waals surface area (Å²) in [4.78, 5) is 24.3. The van der Waals surface area contributed by atoms with Gasteiger partial charge >= 0.3 is 12.0 Å². The Kier molecular flexibility index (Phi) is 6.95. The van der Waals surface area contributed by atoms with Crippen molar-refractivity contribution < 1.29 is 23.8 Å². The average Bonchev–Trinajstić information content (AvgIpc) is 2.74. The quantitative estimate of drug-likeness (QED) is 0.651. The van der Waals surface area contributed by atoms with E-state index in [0.29, 0.717) is 41.5 Å². The molecule has 1 heterocycles. The second-order valence-electron chi connectivity index (χ2n) is 6.78. The van der Waals surface area contributed by atoms with Gasteiger partial charge in [0.15, 0.2) is 11.5 Å². The van der Waals surface area contributed by atoms with Crippen molar-refractivity contribution in [2.45, 2.75) is 26.3 Å². The van der Waals surface area contributed by atoms with Crippen LogP contribution >= 0.6 is 0 Å². The number of esters is 1. The predicted molar refractivity (Wildman–Crippen MR) is 112 cm³/mol. The van der Waals surface area contributed by atoms with Crippen LogP contribution in [0.25, 0.3) is 0 Å². The Morgan fingerprint density at radius 2 is 1.83 bits per heavy atom. The van der Waals surface area contributed by atoms with Crippen LogP contribution in [0.1, 0.15) is 31.0 Å². The standard InChI is InChI=1S/C23H26N2O5/c1-4-29-19-14-17(21-20(22(26)28-3)15(2)24-23(27)25-21)10-11-18(19)30-13-12-16-8-6-5-7-9-16/h5-11,14,21H,4,12-13H2,1-3H3,(H2,24,25,27). The van der Waals surface area contributed by atoms with Crippen LogP contribution in [-0.4, -0.2) is 32.3 Å². The molecule has 7 heteroatoms. The maximum absolute atomic E-state index is 12.3. The summed E-state index contributed by atoms with van der Waals surface area (Å²) in [6.45, 7) is 4.51. The summed E-state index contributed by atoms with van der Waals surface area (Å²) in [5.74, 6) is 0.654. The van der Waals surface area contributed by atoms with Crippen molar-refractivity contribution >= 4 is 12.0 Å². The topological polar surface area (TPSA) is 85.9 Å². The van der Waals surface area contributed by atoms with E-state index in [2.05, 4.69) is 22.8 Å². The van der Waals surface area contributed by atoms with E-state index in [0.717, 1.165) is 6.42 Å². The van der Waals surface area contributed by atoms with E-state index in [1.54, 1.807) is 19.1 Å². The Bertz CT molecular complexity index is 940. The molecule has 2 N–H and O–H groups in total. The van der Waals surface area contributed by atoms with Gasteiger partial charge in [-0.15, -0.1) is 0 Å². The van der Waals surface area contributed by atoms with Gasteiger partial charge in [-0.05, 0) is 37.1 Å². The molecule has 30 heavy (non-hydrogen) atoms. The Balaban J connectivity index is 1.83. The summed E-state index contributed by atoms with van der Waals surface area (Å²) in [7, 11) is 1.31. The number of hydrogen-bond donors (Lipinski definition) is 2. The lowest BCUT2D eigenvalue weighted by atomic mass is 9.95. The number of carbonyl (C=O) groups is 2. The summed E-state index contributed by atoms with van der Waals surface area (Å²) < 4.78 is 16.6. The van der Waals surface area contributed by atoms with Crippen LogP contribution in [-0.2, 0) is 16.0 Å². The first-order valence-corrected chi connectivity index (χ1v) is 9.83. The van der Waals surface area contributed by atoms with Crippen molar-refractivity contribution in [1.29, 1.82) is 0 Å². The lowest BCUT2D eigenvalue weighted by Gasteiger charge is -2.28. The summed E-state index contributed by atoms with van der Waals surface area (Å²) >= 11 is 0. The van der Waals surface area contributed by atoms with E-state index in [4.69, 9.17) is 14.2 Å². The van der Waals surface area contributed by atoms with Crippen LogP contribution in [0.15, 0.2) is 59.8 Å². The van der Waals surface area contributed by atoms with E-state index in [1.165, 1.54) is 12.7 Å². The van der Waals surface area contributed by atoms with Gasteiger partial charge in [-0.1, -0.05) is 36.4 Å². The molecule has 0 spiro atoms. The van der Waals surface area contributed by atoms with Crippen LogP contribution in [0.5, 0.6) is 11.5 Å². The highest BCUT2D eigenvalue weighted by molar-refractivity contribution is 5.95. The molecule has 158 valence electrons. The number of ether oxygens (including phenoxy) is 3.